The maximum absolute atomic E-state index is 5.46. The number of unbranched alkanes of at least 4 members (excludes halogenated alkanes) is 1. The van der Waals surface area contributed by atoms with Gasteiger partial charge in [-0.05, 0) is 31.2 Å². The van der Waals surface area contributed by atoms with Gasteiger partial charge in [-0.25, -0.2) is 9.97 Å². The molecule has 0 aliphatic carbocycles. The third-order valence-electron chi connectivity index (χ3n) is 2.34. The second-order valence-electron chi connectivity index (χ2n) is 3.54. The predicted molar refractivity (Wildman–Crippen MR) is 68.6 cm³/mol. The van der Waals surface area contributed by atoms with Gasteiger partial charge in [-0.2, -0.15) is 0 Å². The molecule has 16 heavy (non-hydrogen) atoms. The average Bonchev–Trinajstić information content (AvgIpc) is 2.35. The topological polar surface area (TPSA) is 51.8 Å². The summed E-state index contributed by atoms with van der Waals surface area (Å²) < 4.78 is 0. The molecule has 1 aromatic carbocycles. The predicted octanol–water partition coefficient (Wildman–Crippen LogP) is 2.46. The van der Waals surface area contributed by atoms with Crippen molar-refractivity contribution in [2.75, 3.05) is 12.3 Å². The molecule has 1 aromatic heterocycles. The molecule has 0 aliphatic heterocycles. The second-order valence-corrected chi connectivity index (χ2v) is 4.62. The number of aromatic nitrogens is 2. The SMILES string of the molecule is NCCCCSc1ncnc2ccccc12. The van der Waals surface area contributed by atoms with Crippen molar-refractivity contribution < 1.29 is 0 Å². The Labute approximate surface area is 99.5 Å². The zero-order valence-corrected chi connectivity index (χ0v) is 9.91. The van der Waals surface area contributed by atoms with Crippen LogP contribution in [0.4, 0.5) is 0 Å². The van der Waals surface area contributed by atoms with Crippen molar-refractivity contribution in [3.8, 4) is 0 Å². The molecule has 0 unspecified atom stereocenters. The first-order valence-electron chi connectivity index (χ1n) is 5.44. The van der Waals surface area contributed by atoms with Crippen molar-refractivity contribution >= 4 is 22.7 Å². The summed E-state index contributed by atoms with van der Waals surface area (Å²) in [5.74, 6) is 1.07. The van der Waals surface area contributed by atoms with E-state index in [1.54, 1.807) is 18.1 Å². The fourth-order valence-corrected chi connectivity index (χ4v) is 2.50. The monoisotopic (exact) mass is 233 g/mol. The lowest BCUT2D eigenvalue weighted by molar-refractivity contribution is 0.814. The second kappa shape index (κ2) is 5.82. The van der Waals surface area contributed by atoms with Crippen molar-refractivity contribution in [3.63, 3.8) is 0 Å². The van der Waals surface area contributed by atoms with Crippen molar-refractivity contribution in [2.24, 2.45) is 5.73 Å². The Hall–Kier alpha value is -1.13. The molecule has 2 rings (SSSR count). The number of para-hydroxylation sites is 1. The summed E-state index contributed by atoms with van der Waals surface area (Å²) in [6.07, 6.45) is 3.85. The van der Waals surface area contributed by atoms with Crippen LogP contribution in [-0.2, 0) is 0 Å². The molecule has 0 amide bonds. The first kappa shape index (κ1) is 11.4. The molecular weight excluding hydrogens is 218 g/mol. The van der Waals surface area contributed by atoms with Gasteiger partial charge in [0.2, 0.25) is 0 Å². The lowest BCUT2D eigenvalue weighted by Crippen LogP contribution is -1.98. The molecule has 0 atom stereocenters. The first-order chi connectivity index (χ1) is 7.92. The summed E-state index contributed by atoms with van der Waals surface area (Å²) in [5.41, 5.74) is 6.48. The molecule has 2 N–H and O–H groups in total. The maximum Gasteiger partial charge on any atom is 0.117 e. The van der Waals surface area contributed by atoms with Gasteiger partial charge in [-0.1, -0.05) is 18.2 Å². The number of nitrogens with zero attached hydrogens (tertiary/aromatic N) is 2. The number of benzene rings is 1. The van der Waals surface area contributed by atoms with Crippen LogP contribution in [0.1, 0.15) is 12.8 Å². The van der Waals surface area contributed by atoms with E-state index in [-0.39, 0.29) is 0 Å². The quantitative estimate of drug-likeness (QED) is 0.489. The van der Waals surface area contributed by atoms with Gasteiger partial charge in [-0.15, -0.1) is 11.8 Å². The molecule has 1 heterocycles. The van der Waals surface area contributed by atoms with Gasteiger partial charge in [0.05, 0.1) is 5.52 Å². The third kappa shape index (κ3) is 2.71. The van der Waals surface area contributed by atoms with Crippen LogP contribution in [0.2, 0.25) is 0 Å². The molecule has 0 fully saturated rings. The molecule has 0 radical (unpaired) electrons. The summed E-state index contributed by atoms with van der Waals surface area (Å²) in [5, 5.41) is 2.21. The van der Waals surface area contributed by atoms with Crippen LogP contribution in [0, 0.1) is 0 Å². The van der Waals surface area contributed by atoms with Gasteiger partial charge in [0, 0.05) is 5.39 Å². The molecule has 0 aliphatic rings. The standard InChI is InChI=1S/C12H15N3S/c13-7-3-4-8-16-12-10-5-1-2-6-11(10)14-9-15-12/h1-2,5-6,9H,3-4,7-8,13H2. The van der Waals surface area contributed by atoms with Crippen LogP contribution in [-0.4, -0.2) is 22.3 Å². The number of fused-ring (bicyclic) bond motifs is 1. The Morgan fingerprint density at radius 2 is 2.00 bits per heavy atom. The number of hydrogen-bond donors (Lipinski definition) is 1. The van der Waals surface area contributed by atoms with Crippen molar-refractivity contribution in [2.45, 2.75) is 17.9 Å². The lowest BCUT2D eigenvalue weighted by atomic mass is 10.2. The van der Waals surface area contributed by atoms with Crippen LogP contribution < -0.4 is 5.73 Å². The molecule has 0 bridgehead atoms. The molecule has 84 valence electrons. The zero-order chi connectivity index (χ0) is 11.2. The summed E-state index contributed by atoms with van der Waals surface area (Å²) >= 11 is 1.78. The smallest absolute Gasteiger partial charge is 0.117 e. The van der Waals surface area contributed by atoms with Crippen LogP contribution in [0.3, 0.4) is 0 Å². The van der Waals surface area contributed by atoms with E-state index in [2.05, 4.69) is 16.0 Å². The molecular formula is C12H15N3S. The highest BCUT2D eigenvalue weighted by Gasteiger charge is 2.02. The fraction of sp³-hybridized carbons (Fsp3) is 0.333. The van der Waals surface area contributed by atoms with E-state index >= 15 is 0 Å². The van der Waals surface area contributed by atoms with Gasteiger partial charge in [0.15, 0.2) is 0 Å². The van der Waals surface area contributed by atoms with Gasteiger partial charge in [0.25, 0.3) is 0 Å². The molecule has 0 spiro atoms. The summed E-state index contributed by atoms with van der Waals surface area (Å²) in [6.45, 7) is 0.769. The van der Waals surface area contributed by atoms with E-state index in [0.29, 0.717) is 0 Å². The molecule has 2 aromatic rings. The average molecular weight is 233 g/mol. The van der Waals surface area contributed by atoms with Crippen molar-refractivity contribution in [1.29, 1.82) is 0 Å². The highest BCUT2D eigenvalue weighted by atomic mass is 32.2. The van der Waals surface area contributed by atoms with Crippen LogP contribution in [0.15, 0.2) is 35.6 Å². The number of hydrogen-bond acceptors (Lipinski definition) is 4. The Kier molecular flexibility index (Phi) is 4.13. The lowest BCUT2D eigenvalue weighted by Gasteiger charge is -2.03. The fourth-order valence-electron chi connectivity index (χ4n) is 1.51. The van der Waals surface area contributed by atoms with E-state index in [1.165, 1.54) is 0 Å². The first-order valence-corrected chi connectivity index (χ1v) is 6.43. The van der Waals surface area contributed by atoms with Gasteiger partial charge in [0.1, 0.15) is 11.4 Å². The molecule has 3 nitrogen and oxygen atoms in total. The highest BCUT2D eigenvalue weighted by molar-refractivity contribution is 7.99. The number of nitrogens with two attached hydrogens (primary N) is 1. The molecule has 0 saturated carbocycles. The van der Waals surface area contributed by atoms with Crippen LogP contribution >= 0.6 is 11.8 Å². The summed E-state index contributed by atoms with van der Waals surface area (Å²) in [4.78, 5) is 8.57. The Bertz CT molecular complexity index is 453. The van der Waals surface area contributed by atoms with Gasteiger partial charge >= 0.3 is 0 Å². The Morgan fingerprint density at radius 3 is 2.88 bits per heavy atom. The van der Waals surface area contributed by atoms with E-state index in [4.69, 9.17) is 5.73 Å². The Morgan fingerprint density at radius 1 is 1.12 bits per heavy atom. The van der Waals surface area contributed by atoms with Crippen molar-refractivity contribution in [3.05, 3.63) is 30.6 Å². The minimum atomic E-state index is 0.769. The molecule has 4 heteroatoms. The summed E-state index contributed by atoms with van der Waals surface area (Å²) in [6, 6.07) is 8.11. The number of thioether (sulfide) groups is 1. The van der Waals surface area contributed by atoms with Crippen molar-refractivity contribution in [1.82, 2.24) is 9.97 Å². The number of rotatable bonds is 5. The van der Waals surface area contributed by atoms with Crippen LogP contribution in [0.25, 0.3) is 10.9 Å². The van der Waals surface area contributed by atoms with Gasteiger partial charge in [-0.3, -0.25) is 0 Å². The highest BCUT2D eigenvalue weighted by Crippen LogP contribution is 2.24. The maximum atomic E-state index is 5.46. The van der Waals surface area contributed by atoms with Gasteiger partial charge < -0.3 is 5.73 Å². The van der Waals surface area contributed by atoms with E-state index in [1.807, 2.05) is 18.2 Å². The van der Waals surface area contributed by atoms with E-state index in [0.717, 1.165) is 41.1 Å². The van der Waals surface area contributed by atoms with E-state index < -0.39 is 0 Å². The zero-order valence-electron chi connectivity index (χ0n) is 9.10. The largest absolute Gasteiger partial charge is 0.330 e. The third-order valence-corrected chi connectivity index (χ3v) is 3.44. The van der Waals surface area contributed by atoms with E-state index in [9.17, 15) is 0 Å². The Balaban J connectivity index is 2.11. The summed E-state index contributed by atoms with van der Waals surface area (Å²) in [7, 11) is 0. The minimum Gasteiger partial charge on any atom is -0.330 e. The molecule has 0 saturated heterocycles. The minimum absolute atomic E-state index is 0.769. The normalized spacial score (nSPS) is 10.8. The van der Waals surface area contributed by atoms with Crippen LogP contribution in [0.5, 0.6) is 0 Å².